The van der Waals surface area contributed by atoms with Crippen molar-refractivity contribution in [3.05, 3.63) is 51.3 Å². The summed E-state index contributed by atoms with van der Waals surface area (Å²) in [5.74, 6) is -0.176. The van der Waals surface area contributed by atoms with Crippen molar-refractivity contribution in [1.29, 1.82) is 0 Å². The molecular weight excluding hydrogens is 417 g/mol. The van der Waals surface area contributed by atoms with Crippen LogP contribution < -0.4 is 0 Å². The second kappa shape index (κ2) is 7.45. The third-order valence-corrected chi connectivity index (χ3v) is 5.31. The second-order valence-electron chi connectivity index (χ2n) is 5.70. The van der Waals surface area contributed by atoms with Crippen molar-refractivity contribution in [1.82, 2.24) is 9.97 Å². The van der Waals surface area contributed by atoms with Gasteiger partial charge in [-0.1, -0.05) is 39.8 Å². The van der Waals surface area contributed by atoms with Crippen LogP contribution in [-0.4, -0.2) is 21.5 Å². The van der Waals surface area contributed by atoms with Crippen molar-refractivity contribution in [2.75, 3.05) is 5.75 Å². The molecule has 132 valence electrons. The van der Waals surface area contributed by atoms with E-state index < -0.39 is 11.9 Å². The lowest BCUT2D eigenvalue weighted by atomic mass is 9.94. The lowest BCUT2D eigenvalue weighted by molar-refractivity contribution is -0.142. The minimum absolute atomic E-state index is 0.00227. The Bertz CT molecular complexity index is 794. The number of aryl methyl sites for hydroxylation is 1. The van der Waals surface area contributed by atoms with E-state index in [1.54, 1.807) is 24.3 Å². The molecule has 0 amide bonds. The highest BCUT2D eigenvalue weighted by Crippen LogP contribution is 2.35. The summed E-state index contributed by atoms with van der Waals surface area (Å²) in [6.45, 7) is 0. The standard InChI is InChI=1S/C17H14BrF3N2OS/c18-11-7-5-10(6-8-11)14(24)9-25-16-22-13-4-2-1-3-12(13)15(23-16)17(19,20)21/h5-8H,1-4,9H2. The fourth-order valence-corrected chi connectivity index (χ4v) is 3.74. The van der Waals surface area contributed by atoms with E-state index in [-0.39, 0.29) is 22.3 Å². The number of fused-ring (bicyclic) bond motifs is 1. The van der Waals surface area contributed by atoms with Gasteiger partial charge in [0.05, 0.1) is 5.75 Å². The van der Waals surface area contributed by atoms with Gasteiger partial charge >= 0.3 is 6.18 Å². The van der Waals surface area contributed by atoms with Crippen molar-refractivity contribution >= 4 is 33.5 Å². The van der Waals surface area contributed by atoms with Crippen LogP contribution in [0.4, 0.5) is 13.2 Å². The Kier molecular flexibility index (Phi) is 5.48. The first-order valence-corrected chi connectivity index (χ1v) is 9.51. The fraction of sp³-hybridized carbons (Fsp3) is 0.353. The lowest BCUT2D eigenvalue weighted by Crippen LogP contribution is -2.19. The lowest BCUT2D eigenvalue weighted by Gasteiger charge is -2.20. The van der Waals surface area contributed by atoms with Crippen LogP contribution in [0.25, 0.3) is 0 Å². The van der Waals surface area contributed by atoms with Crippen molar-refractivity contribution in [3.8, 4) is 0 Å². The normalized spacial score (nSPS) is 14.2. The first-order chi connectivity index (χ1) is 11.8. The molecule has 0 aliphatic heterocycles. The number of halogens is 4. The zero-order valence-electron chi connectivity index (χ0n) is 13.1. The van der Waals surface area contributed by atoms with Gasteiger partial charge in [-0.25, -0.2) is 9.97 Å². The number of aromatic nitrogens is 2. The van der Waals surface area contributed by atoms with Gasteiger partial charge in [0, 0.05) is 21.3 Å². The zero-order valence-corrected chi connectivity index (χ0v) is 15.5. The van der Waals surface area contributed by atoms with Gasteiger partial charge in [0.25, 0.3) is 0 Å². The molecule has 3 nitrogen and oxygen atoms in total. The average molecular weight is 431 g/mol. The number of thioether (sulfide) groups is 1. The largest absolute Gasteiger partial charge is 0.433 e. The van der Waals surface area contributed by atoms with E-state index in [4.69, 9.17) is 0 Å². The number of rotatable bonds is 4. The molecule has 0 bridgehead atoms. The summed E-state index contributed by atoms with van der Waals surface area (Å²) < 4.78 is 40.7. The maximum atomic E-state index is 13.3. The van der Waals surface area contributed by atoms with Crippen LogP contribution in [0.15, 0.2) is 33.9 Å². The van der Waals surface area contributed by atoms with Crippen LogP contribution in [0.1, 0.15) is 40.2 Å². The van der Waals surface area contributed by atoms with Gasteiger partial charge in [0.15, 0.2) is 16.6 Å². The third-order valence-electron chi connectivity index (χ3n) is 3.93. The molecular formula is C17H14BrF3N2OS. The quantitative estimate of drug-likeness (QED) is 0.383. The molecule has 0 N–H and O–H groups in total. The molecule has 1 heterocycles. The fourth-order valence-electron chi connectivity index (χ4n) is 2.72. The topological polar surface area (TPSA) is 42.9 Å². The van der Waals surface area contributed by atoms with E-state index in [2.05, 4.69) is 25.9 Å². The summed E-state index contributed by atoms with van der Waals surface area (Å²) >= 11 is 4.24. The summed E-state index contributed by atoms with van der Waals surface area (Å²) in [6, 6.07) is 6.83. The number of carbonyl (C=O) groups excluding carboxylic acids is 1. The molecule has 25 heavy (non-hydrogen) atoms. The van der Waals surface area contributed by atoms with Crippen LogP contribution in [0, 0.1) is 0 Å². The van der Waals surface area contributed by atoms with Gasteiger partial charge in [-0.05, 0) is 37.8 Å². The predicted octanol–water partition coefficient (Wildman–Crippen LogP) is 5.11. The van der Waals surface area contributed by atoms with Crippen LogP contribution in [0.3, 0.4) is 0 Å². The molecule has 1 aromatic carbocycles. The van der Waals surface area contributed by atoms with Gasteiger partial charge in [-0.2, -0.15) is 13.2 Å². The highest BCUT2D eigenvalue weighted by molar-refractivity contribution is 9.10. The Hall–Kier alpha value is -1.41. The van der Waals surface area contributed by atoms with Crippen molar-refractivity contribution in [2.24, 2.45) is 0 Å². The second-order valence-corrected chi connectivity index (χ2v) is 7.56. The summed E-state index contributed by atoms with van der Waals surface area (Å²) in [5, 5.41) is 0.0124. The molecule has 0 unspecified atom stereocenters. The maximum absolute atomic E-state index is 13.3. The molecule has 1 aliphatic carbocycles. The molecule has 2 aromatic rings. The zero-order chi connectivity index (χ0) is 18.0. The highest BCUT2D eigenvalue weighted by atomic mass is 79.9. The van der Waals surface area contributed by atoms with E-state index in [1.807, 2.05) is 0 Å². The van der Waals surface area contributed by atoms with Gasteiger partial charge < -0.3 is 0 Å². The Morgan fingerprint density at radius 1 is 1.12 bits per heavy atom. The molecule has 0 atom stereocenters. The first-order valence-electron chi connectivity index (χ1n) is 7.73. The maximum Gasteiger partial charge on any atom is 0.433 e. The van der Waals surface area contributed by atoms with E-state index in [0.29, 0.717) is 30.5 Å². The van der Waals surface area contributed by atoms with Crippen molar-refractivity contribution < 1.29 is 18.0 Å². The molecule has 8 heteroatoms. The number of ketones is 1. The molecule has 1 aliphatic rings. The number of nitrogens with zero attached hydrogens (tertiary/aromatic N) is 2. The predicted molar refractivity (Wildman–Crippen MR) is 92.9 cm³/mol. The minimum Gasteiger partial charge on any atom is -0.293 e. The number of carbonyl (C=O) groups is 1. The first kappa shape index (κ1) is 18.4. The van der Waals surface area contributed by atoms with E-state index in [0.717, 1.165) is 22.7 Å². The third kappa shape index (κ3) is 4.41. The summed E-state index contributed by atoms with van der Waals surface area (Å²) in [5.41, 5.74) is 0.329. The molecule has 3 rings (SSSR count). The molecule has 1 aromatic heterocycles. The number of benzene rings is 1. The Balaban J connectivity index is 1.80. The highest BCUT2D eigenvalue weighted by Gasteiger charge is 2.38. The number of hydrogen-bond acceptors (Lipinski definition) is 4. The van der Waals surface area contributed by atoms with E-state index in [1.165, 1.54) is 0 Å². The Labute approximate surface area is 155 Å². The number of alkyl halides is 3. The molecule has 0 saturated carbocycles. The van der Waals surface area contributed by atoms with Crippen LogP contribution in [0.5, 0.6) is 0 Å². The Morgan fingerprint density at radius 3 is 2.48 bits per heavy atom. The Morgan fingerprint density at radius 2 is 1.80 bits per heavy atom. The molecule has 0 spiro atoms. The smallest absolute Gasteiger partial charge is 0.293 e. The van der Waals surface area contributed by atoms with Gasteiger partial charge in [0.2, 0.25) is 0 Å². The monoisotopic (exact) mass is 430 g/mol. The van der Waals surface area contributed by atoms with E-state index >= 15 is 0 Å². The average Bonchev–Trinajstić information content (AvgIpc) is 2.58. The van der Waals surface area contributed by atoms with Crippen molar-refractivity contribution in [2.45, 2.75) is 37.0 Å². The summed E-state index contributed by atoms with van der Waals surface area (Å²) in [4.78, 5) is 20.1. The van der Waals surface area contributed by atoms with Gasteiger partial charge in [-0.3, -0.25) is 4.79 Å². The molecule has 0 radical (unpaired) electrons. The number of Topliss-reactive ketones (excluding diaryl/α,β-unsaturated/α-hetero) is 1. The molecule has 0 fully saturated rings. The summed E-state index contributed by atoms with van der Waals surface area (Å²) in [6.07, 6.45) is -2.09. The van der Waals surface area contributed by atoms with E-state index in [9.17, 15) is 18.0 Å². The van der Waals surface area contributed by atoms with Crippen molar-refractivity contribution in [3.63, 3.8) is 0 Å². The minimum atomic E-state index is -4.50. The number of hydrogen-bond donors (Lipinski definition) is 0. The van der Waals surface area contributed by atoms with Crippen LogP contribution >= 0.6 is 27.7 Å². The van der Waals surface area contributed by atoms with Gasteiger partial charge in [0.1, 0.15) is 0 Å². The SMILES string of the molecule is O=C(CSc1nc2c(c(C(F)(F)F)n1)CCCC2)c1ccc(Br)cc1. The van der Waals surface area contributed by atoms with Crippen LogP contribution in [0.2, 0.25) is 0 Å². The summed E-state index contributed by atoms with van der Waals surface area (Å²) in [7, 11) is 0. The molecule has 0 saturated heterocycles. The van der Waals surface area contributed by atoms with Gasteiger partial charge in [-0.15, -0.1) is 0 Å². The van der Waals surface area contributed by atoms with Crippen LogP contribution in [-0.2, 0) is 19.0 Å².